The molecule has 12 unspecified atom stereocenters. The Balaban J connectivity index is 1.45. The van der Waals surface area contributed by atoms with E-state index in [0.29, 0.717) is 47.0 Å². The van der Waals surface area contributed by atoms with Crippen LogP contribution in [0, 0.1) is 46.3 Å². The van der Waals surface area contributed by atoms with E-state index in [2.05, 4.69) is 13.5 Å². The molecule has 5 saturated carbocycles. The number of carbonyl (C=O) groups excluding carboxylic acids is 2. The van der Waals surface area contributed by atoms with Crippen LogP contribution in [-0.4, -0.2) is 52.5 Å². The minimum Gasteiger partial charge on any atom is -0.446 e. The van der Waals surface area contributed by atoms with Gasteiger partial charge in [-0.1, -0.05) is 26.0 Å². The van der Waals surface area contributed by atoms with Gasteiger partial charge in [-0.3, -0.25) is 5.26 Å². The van der Waals surface area contributed by atoms with E-state index in [1.807, 2.05) is 13.8 Å². The zero-order chi connectivity index (χ0) is 27.4. The topological polar surface area (TPSA) is 112 Å². The minimum atomic E-state index is -1.74. The largest absolute Gasteiger partial charge is 0.446 e. The number of methoxy groups -OCH3 is 1. The van der Waals surface area contributed by atoms with Gasteiger partial charge >= 0.3 is 11.9 Å². The maximum Gasteiger partial charge on any atom is 0.337 e. The fourth-order valence-corrected chi connectivity index (χ4v) is 11.8. The summed E-state index contributed by atoms with van der Waals surface area (Å²) in [6, 6.07) is 0. The molecule has 0 radical (unpaired) electrons. The third-order valence-corrected chi connectivity index (χ3v) is 13.5. The Morgan fingerprint density at radius 3 is 2.41 bits per heavy atom. The number of fused-ring (bicyclic) bond motifs is 9. The monoisotopic (exact) mass is 534 g/mol. The van der Waals surface area contributed by atoms with Crippen molar-refractivity contribution in [3.8, 4) is 0 Å². The Morgan fingerprint density at radius 2 is 1.72 bits per heavy atom. The van der Waals surface area contributed by atoms with Crippen molar-refractivity contribution in [1.29, 1.82) is 0 Å². The van der Waals surface area contributed by atoms with Crippen LogP contribution >= 0.6 is 0 Å². The maximum absolute atomic E-state index is 13.6. The Bertz CT molecular complexity index is 1480. The van der Waals surface area contributed by atoms with Crippen LogP contribution in [0.5, 0.6) is 0 Å². The summed E-state index contributed by atoms with van der Waals surface area (Å²) in [7, 11) is 1.45. The average Bonchev–Trinajstić information content (AvgIpc) is 3.81. The van der Waals surface area contributed by atoms with Crippen LogP contribution in [0.3, 0.4) is 0 Å². The Labute approximate surface area is 226 Å². The molecule has 9 aliphatic rings. The molecule has 0 aromatic heterocycles. The van der Waals surface area contributed by atoms with E-state index in [9.17, 15) is 20.0 Å². The number of rotatable bonds is 2. The van der Waals surface area contributed by atoms with Gasteiger partial charge in [-0.2, -0.15) is 0 Å². The van der Waals surface area contributed by atoms with Gasteiger partial charge in [-0.15, -0.1) is 0 Å². The summed E-state index contributed by atoms with van der Waals surface area (Å²) in [5.74, 6) is -1.83. The van der Waals surface area contributed by atoms with E-state index in [1.165, 1.54) is 12.7 Å². The number of aliphatic hydroxyl groups excluding tert-OH is 1. The lowest BCUT2D eigenvalue weighted by Crippen LogP contribution is -2.68. The molecule has 0 saturated heterocycles. The summed E-state index contributed by atoms with van der Waals surface area (Å²) < 4.78 is 18.7. The number of hydrogen-bond acceptors (Lipinski definition) is 8. The molecule has 5 fully saturated rings. The van der Waals surface area contributed by atoms with E-state index >= 15 is 0 Å². The first-order valence-corrected chi connectivity index (χ1v) is 14.3. The lowest BCUT2D eigenvalue weighted by molar-refractivity contribution is -0.332. The molecular formula is C31H34O8. The molecule has 206 valence electrons. The van der Waals surface area contributed by atoms with Crippen LogP contribution in [0.1, 0.15) is 53.4 Å². The van der Waals surface area contributed by atoms with Gasteiger partial charge < -0.3 is 19.3 Å². The first-order chi connectivity index (χ1) is 18.4. The van der Waals surface area contributed by atoms with Crippen molar-refractivity contribution in [2.45, 2.75) is 76.5 Å². The Kier molecular flexibility index (Phi) is 3.70. The lowest BCUT2D eigenvalue weighted by atomic mass is 9.43. The van der Waals surface area contributed by atoms with Gasteiger partial charge in [-0.25, -0.2) is 14.5 Å². The Hall–Kier alpha value is -2.26. The number of allylic oxidation sites excluding steroid dienone is 1. The third kappa shape index (κ3) is 1.94. The molecule has 0 amide bonds. The van der Waals surface area contributed by atoms with Gasteiger partial charge in [-0.05, 0) is 85.7 Å². The number of hydrogen-bond donors (Lipinski definition) is 2. The second-order valence-corrected chi connectivity index (χ2v) is 14.3. The fraction of sp³-hybridized carbons (Fsp3) is 0.677. The predicted octanol–water partition coefficient (Wildman–Crippen LogP) is 3.62. The predicted molar refractivity (Wildman–Crippen MR) is 134 cm³/mol. The van der Waals surface area contributed by atoms with Gasteiger partial charge in [0, 0.05) is 40.7 Å². The van der Waals surface area contributed by atoms with E-state index in [0.717, 1.165) is 24.0 Å². The van der Waals surface area contributed by atoms with Gasteiger partial charge in [0.2, 0.25) is 0 Å². The molecule has 39 heavy (non-hydrogen) atoms. The van der Waals surface area contributed by atoms with Crippen LogP contribution in [0.15, 0.2) is 45.6 Å². The summed E-state index contributed by atoms with van der Waals surface area (Å²) in [6.45, 7) is 12.4. The van der Waals surface area contributed by atoms with Crippen molar-refractivity contribution in [2.75, 3.05) is 7.11 Å². The van der Waals surface area contributed by atoms with Crippen LogP contribution < -0.4 is 0 Å². The zero-order valence-corrected chi connectivity index (χ0v) is 22.9. The summed E-state index contributed by atoms with van der Waals surface area (Å²) >= 11 is 0. The maximum atomic E-state index is 13.6. The molecule has 9 rings (SSSR count). The molecule has 2 heterocycles. The van der Waals surface area contributed by atoms with Crippen LogP contribution in [0.4, 0.5) is 0 Å². The number of carbonyl (C=O) groups is 2. The first kappa shape index (κ1) is 23.4. The molecule has 7 aliphatic carbocycles. The highest BCUT2D eigenvalue weighted by Gasteiger charge is 2.87. The molecule has 0 aromatic rings. The van der Waals surface area contributed by atoms with Crippen molar-refractivity contribution >= 4 is 11.9 Å². The smallest absolute Gasteiger partial charge is 0.337 e. The van der Waals surface area contributed by atoms with E-state index in [4.69, 9.17) is 19.1 Å². The third-order valence-electron chi connectivity index (χ3n) is 13.5. The molecule has 0 aromatic carbocycles. The molecule has 0 bridgehead atoms. The molecule has 8 nitrogen and oxygen atoms in total. The van der Waals surface area contributed by atoms with Crippen LogP contribution in [-0.2, 0) is 28.7 Å². The fourth-order valence-electron chi connectivity index (χ4n) is 11.8. The summed E-state index contributed by atoms with van der Waals surface area (Å²) in [5, 5.41) is 23.0. The number of aliphatic hydroxyl groups is 1. The van der Waals surface area contributed by atoms with Crippen molar-refractivity contribution in [3.05, 3.63) is 45.6 Å². The molecule has 1 spiro atoms. The highest BCUT2D eigenvalue weighted by atomic mass is 17.1. The number of esters is 2. The van der Waals surface area contributed by atoms with Crippen molar-refractivity contribution in [3.63, 3.8) is 0 Å². The van der Waals surface area contributed by atoms with Gasteiger partial charge in [0.05, 0.1) is 0 Å². The van der Waals surface area contributed by atoms with E-state index < -0.39 is 34.5 Å². The molecule has 2 N–H and O–H groups in total. The summed E-state index contributed by atoms with van der Waals surface area (Å²) in [6.07, 6.45) is 1.75. The van der Waals surface area contributed by atoms with E-state index in [1.54, 1.807) is 6.92 Å². The van der Waals surface area contributed by atoms with Crippen molar-refractivity contribution in [2.24, 2.45) is 46.3 Å². The van der Waals surface area contributed by atoms with Crippen LogP contribution in [0.25, 0.3) is 0 Å². The normalized spacial score (nSPS) is 56.9. The summed E-state index contributed by atoms with van der Waals surface area (Å²) in [4.78, 5) is 32.6. The second kappa shape index (κ2) is 6.15. The van der Waals surface area contributed by atoms with E-state index in [-0.39, 0.29) is 35.1 Å². The van der Waals surface area contributed by atoms with Gasteiger partial charge in [0.25, 0.3) is 5.79 Å². The zero-order valence-electron chi connectivity index (χ0n) is 22.9. The lowest BCUT2D eigenvalue weighted by Gasteiger charge is -2.64. The molecular weight excluding hydrogens is 500 g/mol. The molecule has 2 aliphatic heterocycles. The minimum absolute atomic E-state index is 0.00385. The standard InChI is InChI=1S/C31H34O8/c1-11-14-7-17(14)27(4)15(11)8-16-12(2)24(32)37-30(16)20(27)10-29(39-35)19-9-18(19)28(5)23(29)22(30)21-13(3)25(33)38-31(21,36-6)26(28)34/h14-15,17-20,26,34-35H,1,7-10H2,2-6H3. The SMILES string of the molecule is C=C1C2CC2C2(C)C1CC1=C(C)C(=O)OC13C1=C4C(OO)(CC32)C2CC2C4(C)C(O)C2(OC)OC(=O)C(C)=C12. The highest BCUT2D eigenvalue weighted by molar-refractivity contribution is 5.98. The number of ether oxygens (including phenoxy) is 3. The average molecular weight is 535 g/mol. The van der Waals surface area contributed by atoms with Crippen molar-refractivity contribution in [1.82, 2.24) is 0 Å². The van der Waals surface area contributed by atoms with Gasteiger partial charge in [0.1, 0.15) is 11.7 Å². The Morgan fingerprint density at radius 1 is 1.00 bits per heavy atom. The molecule has 12 atom stereocenters. The molecule has 8 heteroatoms. The second-order valence-electron chi connectivity index (χ2n) is 14.3. The van der Waals surface area contributed by atoms with Crippen LogP contribution in [0.2, 0.25) is 0 Å². The quantitative estimate of drug-likeness (QED) is 0.239. The summed E-state index contributed by atoms with van der Waals surface area (Å²) in [5.41, 5.74) is 1.61. The van der Waals surface area contributed by atoms with Gasteiger partial charge in [0.15, 0.2) is 5.60 Å². The first-order valence-electron chi connectivity index (χ1n) is 14.3. The van der Waals surface area contributed by atoms with Crippen molar-refractivity contribution < 1.29 is 39.1 Å². The highest BCUT2D eigenvalue weighted by Crippen LogP contribution is 2.84.